The molecule has 3 rings (SSSR count). The Morgan fingerprint density at radius 3 is 2.78 bits per heavy atom. The molecule has 23 heavy (non-hydrogen) atoms. The van der Waals surface area contributed by atoms with Gasteiger partial charge in [-0.1, -0.05) is 12.2 Å². The molecule has 2 heterocycles. The lowest BCUT2D eigenvalue weighted by Gasteiger charge is -2.35. The van der Waals surface area contributed by atoms with Crippen molar-refractivity contribution in [3.8, 4) is 0 Å². The number of halogens is 1. The maximum atomic E-state index is 12.1. The van der Waals surface area contributed by atoms with Crippen molar-refractivity contribution in [2.75, 3.05) is 19.6 Å². The van der Waals surface area contributed by atoms with E-state index >= 15 is 0 Å². The molecule has 6 heteroatoms. The van der Waals surface area contributed by atoms with Gasteiger partial charge in [-0.15, -0.1) is 0 Å². The number of allylic oxidation sites excluding steroid dienone is 2. The zero-order valence-corrected chi connectivity index (χ0v) is 15.0. The predicted octanol–water partition coefficient (Wildman–Crippen LogP) is 2.58. The van der Waals surface area contributed by atoms with Crippen LogP contribution in [-0.2, 0) is 11.3 Å². The van der Waals surface area contributed by atoms with E-state index in [1.54, 1.807) is 10.9 Å². The summed E-state index contributed by atoms with van der Waals surface area (Å²) in [6, 6.07) is 0.309. The molecule has 1 aromatic heterocycles. The van der Waals surface area contributed by atoms with Gasteiger partial charge in [0, 0.05) is 31.9 Å². The molecule has 126 valence electrons. The molecule has 0 aromatic carbocycles. The van der Waals surface area contributed by atoms with Crippen LogP contribution in [0.2, 0.25) is 0 Å². The Kier molecular flexibility index (Phi) is 5.89. The summed E-state index contributed by atoms with van der Waals surface area (Å²) in [5.41, 5.74) is 0. The topological polar surface area (TPSA) is 50.2 Å². The highest BCUT2D eigenvalue weighted by atomic mass is 79.9. The quantitative estimate of drug-likeness (QED) is 0.798. The van der Waals surface area contributed by atoms with Crippen LogP contribution in [0, 0.1) is 5.92 Å². The van der Waals surface area contributed by atoms with E-state index in [1.807, 2.05) is 6.20 Å². The highest BCUT2D eigenvalue weighted by Crippen LogP contribution is 2.21. The van der Waals surface area contributed by atoms with Crippen LogP contribution >= 0.6 is 15.9 Å². The van der Waals surface area contributed by atoms with Crippen molar-refractivity contribution in [2.24, 2.45) is 5.92 Å². The number of aromatic nitrogens is 2. The molecule has 0 bridgehead atoms. The van der Waals surface area contributed by atoms with Crippen LogP contribution < -0.4 is 5.32 Å². The van der Waals surface area contributed by atoms with Crippen molar-refractivity contribution in [2.45, 2.75) is 44.7 Å². The highest BCUT2D eigenvalue weighted by molar-refractivity contribution is 9.10. The van der Waals surface area contributed by atoms with E-state index < -0.39 is 0 Å². The number of amides is 1. The maximum absolute atomic E-state index is 12.1. The number of hydrogen-bond acceptors (Lipinski definition) is 3. The molecular weight excluding hydrogens is 356 g/mol. The summed E-state index contributed by atoms with van der Waals surface area (Å²) in [6.07, 6.45) is 14.1. The van der Waals surface area contributed by atoms with E-state index in [1.165, 1.54) is 25.8 Å². The molecule has 0 radical (unpaired) electrons. The SMILES string of the molecule is O=C(Cn1cc(Br)cn1)NC1CCN(CC2CC=CCC2)CC1. The zero-order valence-electron chi connectivity index (χ0n) is 13.5. The molecule has 1 N–H and O–H groups in total. The van der Waals surface area contributed by atoms with Crippen molar-refractivity contribution in [3.63, 3.8) is 0 Å². The minimum absolute atomic E-state index is 0.0523. The Bertz CT molecular complexity index is 549. The van der Waals surface area contributed by atoms with Crippen molar-refractivity contribution >= 4 is 21.8 Å². The second-order valence-corrected chi connectivity index (χ2v) is 7.56. The monoisotopic (exact) mass is 380 g/mol. The van der Waals surface area contributed by atoms with Crippen LogP contribution in [-0.4, -0.2) is 46.3 Å². The first-order valence-electron chi connectivity index (χ1n) is 8.54. The van der Waals surface area contributed by atoms with Gasteiger partial charge in [-0.3, -0.25) is 9.48 Å². The molecule has 0 saturated carbocycles. The second-order valence-electron chi connectivity index (χ2n) is 6.65. The van der Waals surface area contributed by atoms with Crippen molar-refractivity contribution < 1.29 is 4.79 Å². The first kappa shape index (κ1) is 16.7. The van der Waals surface area contributed by atoms with Crippen LogP contribution in [0.15, 0.2) is 29.0 Å². The number of rotatable bonds is 5. The zero-order chi connectivity index (χ0) is 16.1. The van der Waals surface area contributed by atoms with Crippen molar-refractivity contribution in [3.05, 3.63) is 29.0 Å². The van der Waals surface area contributed by atoms with Crippen LogP contribution in [0.4, 0.5) is 0 Å². The standard InChI is InChI=1S/C17H25BrN4O/c18-15-10-19-22(12-15)13-17(23)20-16-6-8-21(9-7-16)11-14-4-2-1-3-5-14/h1-2,10,12,14,16H,3-9,11,13H2,(H,20,23). The number of carbonyl (C=O) groups excluding carboxylic acids is 1. The molecule has 5 nitrogen and oxygen atoms in total. The third kappa shape index (κ3) is 5.18. The molecule has 1 saturated heterocycles. The average Bonchev–Trinajstić information content (AvgIpc) is 2.95. The summed E-state index contributed by atoms with van der Waals surface area (Å²) in [5, 5.41) is 7.27. The van der Waals surface area contributed by atoms with E-state index in [0.717, 1.165) is 36.3 Å². The summed E-state index contributed by atoms with van der Waals surface area (Å²) >= 11 is 3.34. The van der Waals surface area contributed by atoms with Crippen LogP contribution in [0.25, 0.3) is 0 Å². The van der Waals surface area contributed by atoms with Crippen molar-refractivity contribution in [1.82, 2.24) is 20.0 Å². The molecule has 1 aliphatic carbocycles. The molecule has 1 amide bonds. The van der Waals surface area contributed by atoms with Gasteiger partial charge in [-0.25, -0.2) is 0 Å². The molecule has 0 spiro atoms. The van der Waals surface area contributed by atoms with E-state index in [2.05, 4.69) is 43.4 Å². The normalized spacial score (nSPS) is 23.1. The van der Waals surface area contributed by atoms with E-state index in [4.69, 9.17) is 0 Å². The number of hydrogen-bond donors (Lipinski definition) is 1. The summed E-state index contributed by atoms with van der Waals surface area (Å²) in [6.45, 7) is 3.70. The Hall–Kier alpha value is -1.14. The summed E-state index contributed by atoms with van der Waals surface area (Å²) in [4.78, 5) is 14.6. The van der Waals surface area contributed by atoms with Crippen LogP contribution in [0.1, 0.15) is 32.1 Å². The number of nitrogens with zero attached hydrogens (tertiary/aromatic N) is 3. The van der Waals surface area contributed by atoms with E-state index in [9.17, 15) is 4.79 Å². The van der Waals surface area contributed by atoms with E-state index in [0.29, 0.717) is 12.6 Å². The molecular formula is C17H25BrN4O. The third-order valence-electron chi connectivity index (χ3n) is 4.75. The lowest BCUT2D eigenvalue weighted by Crippen LogP contribution is -2.46. The van der Waals surface area contributed by atoms with Crippen molar-refractivity contribution in [1.29, 1.82) is 0 Å². The first-order valence-corrected chi connectivity index (χ1v) is 9.33. The fraction of sp³-hybridized carbons (Fsp3) is 0.647. The lowest BCUT2D eigenvalue weighted by molar-refractivity contribution is -0.122. The number of piperidine rings is 1. The molecule has 1 atom stereocenters. The summed E-state index contributed by atoms with van der Waals surface area (Å²) < 4.78 is 2.56. The largest absolute Gasteiger partial charge is 0.352 e. The van der Waals surface area contributed by atoms with Gasteiger partial charge in [0.25, 0.3) is 0 Å². The van der Waals surface area contributed by atoms with Gasteiger partial charge in [0.1, 0.15) is 6.54 Å². The smallest absolute Gasteiger partial charge is 0.241 e. The minimum atomic E-state index is 0.0523. The van der Waals surface area contributed by atoms with Crippen LogP contribution in [0.3, 0.4) is 0 Å². The number of nitrogens with one attached hydrogen (secondary N) is 1. The Balaban J connectivity index is 1.37. The Morgan fingerprint density at radius 1 is 1.30 bits per heavy atom. The minimum Gasteiger partial charge on any atom is -0.352 e. The Morgan fingerprint density at radius 2 is 2.13 bits per heavy atom. The Labute approximate surface area is 146 Å². The average molecular weight is 381 g/mol. The summed E-state index contributed by atoms with van der Waals surface area (Å²) in [5.74, 6) is 0.876. The van der Waals surface area contributed by atoms with Gasteiger partial charge in [-0.2, -0.15) is 5.10 Å². The fourth-order valence-corrected chi connectivity index (χ4v) is 3.82. The van der Waals surface area contributed by atoms with Gasteiger partial charge in [0.2, 0.25) is 5.91 Å². The summed E-state index contributed by atoms with van der Waals surface area (Å²) in [7, 11) is 0. The lowest BCUT2D eigenvalue weighted by atomic mass is 9.93. The number of likely N-dealkylation sites (tertiary alicyclic amines) is 1. The van der Waals surface area contributed by atoms with Gasteiger partial charge < -0.3 is 10.2 Å². The first-order chi connectivity index (χ1) is 11.2. The fourth-order valence-electron chi connectivity index (χ4n) is 3.49. The molecule has 1 aliphatic heterocycles. The molecule has 2 aliphatic rings. The van der Waals surface area contributed by atoms with Crippen LogP contribution in [0.5, 0.6) is 0 Å². The number of carbonyl (C=O) groups is 1. The third-order valence-corrected chi connectivity index (χ3v) is 5.16. The molecule has 1 unspecified atom stereocenters. The van der Waals surface area contributed by atoms with E-state index in [-0.39, 0.29) is 5.91 Å². The second kappa shape index (κ2) is 8.11. The highest BCUT2D eigenvalue weighted by Gasteiger charge is 2.23. The van der Waals surface area contributed by atoms with Gasteiger partial charge in [-0.05, 0) is 54.0 Å². The van der Waals surface area contributed by atoms with Gasteiger partial charge in [0.05, 0.1) is 10.7 Å². The maximum Gasteiger partial charge on any atom is 0.241 e. The van der Waals surface area contributed by atoms with Gasteiger partial charge in [0.15, 0.2) is 0 Å². The molecule has 1 fully saturated rings. The molecule has 1 aromatic rings. The predicted molar refractivity (Wildman–Crippen MR) is 94.0 cm³/mol. The van der Waals surface area contributed by atoms with Gasteiger partial charge >= 0.3 is 0 Å².